The van der Waals surface area contributed by atoms with E-state index in [4.69, 9.17) is 0 Å². The van der Waals surface area contributed by atoms with Crippen LogP contribution in [-0.4, -0.2) is 0 Å². The molecule has 11 aromatic rings. The minimum atomic E-state index is 1.14. The van der Waals surface area contributed by atoms with E-state index >= 15 is 0 Å². The summed E-state index contributed by atoms with van der Waals surface area (Å²) >= 11 is 3.77. The molecule has 0 aliphatic heterocycles. The minimum Gasteiger partial charge on any atom is -0.310 e. The van der Waals surface area contributed by atoms with Crippen molar-refractivity contribution in [2.45, 2.75) is 0 Å². The molecular formula is C50H31NS2. The van der Waals surface area contributed by atoms with Gasteiger partial charge in [0.15, 0.2) is 0 Å². The highest BCUT2D eigenvalue weighted by Crippen LogP contribution is 2.49. The van der Waals surface area contributed by atoms with Gasteiger partial charge in [-0.1, -0.05) is 146 Å². The summed E-state index contributed by atoms with van der Waals surface area (Å²) in [6.45, 7) is 0. The largest absolute Gasteiger partial charge is 0.310 e. The summed E-state index contributed by atoms with van der Waals surface area (Å²) in [5.74, 6) is 0. The quantitative estimate of drug-likeness (QED) is 0.161. The molecule has 0 aliphatic rings. The van der Waals surface area contributed by atoms with Gasteiger partial charge in [-0.15, -0.1) is 22.7 Å². The molecular weight excluding hydrogens is 679 g/mol. The lowest BCUT2D eigenvalue weighted by Crippen LogP contribution is -2.10. The Bertz CT molecular complexity index is 3170. The van der Waals surface area contributed by atoms with Crippen LogP contribution in [0.3, 0.4) is 0 Å². The van der Waals surface area contributed by atoms with Crippen LogP contribution in [0.2, 0.25) is 0 Å². The molecule has 0 saturated carbocycles. The number of nitrogens with zero attached hydrogens (tertiary/aromatic N) is 1. The van der Waals surface area contributed by atoms with Crippen LogP contribution < -0.4 is 4.90 Å². The molecule has 0 unspecified atom stereocenters. The fourth-order valence-corrected chi connectivity index (χ4v) is 10.6. The summed E-state index contributed by atoms with van der Waals surface area (Å²) in [6, 6.07) is 69.2. The molecule has 248 valence electrons. The number of rotatable bonds is 5. The van der Waals surface area contributed by atoms with Gasteiger partial charge in [0.2, 0.25) is 0 Å². The molecule has 0 saturated heterocycles. The monoisotopic (exact) mass is 709 g/mol. The Hall–Kier alpha value is -6.26. The van der Waals surface area contributed by atoms with E-state index in [1.807, 2.05) is 22.7 Å². The lowest BCUT2D eigenvalue weighted by atomic mass is 9.99. The van der Waals surface area contributed by atoms with Crippen LogP contribution in [0.4, 0.5) is 17.1 Å². The van der Waals surface area contributed by atoms with Crippen molar-refractivity contribution in [3.05, 3.63) is 188 Å². The average Bonchev–Trinajstić information content (AvgIpc) is 3.80. The summed E-state index contributed by atoms with van der Waals surface area (Å²) in [5, 5.41) is 10.2. The zero-order valence-electron chi connectivity index (χ0n) is 28.7. The molecule has 9 aromatic carbocycles. The first kappa shape index (κ1) is 30.4. The summed E-state index contributed by atoms with van der Waals surface area (Å²) in [5.41, 5.74) is 8.47. The Kier molecular flexibility index (Phi) is 6.97. The van der Waals surface area contributed by atoms with Crippen LogP contribution in [0.25, 0.3) is 84.1 Å². The third kappa shape index (κ3) is 4.97. The van der Waals surface area contributed by atoms with Gasteiger partial charge in [-0.2, -0.15) is 0 Å². The number of thiophene rings is 2. The molecule has 0 aliphatic carbocycles. The van der Waals surface area contributed by atoms with Gasteiger partial charge in [-0.25, -0.2) is 0 Å². The van der Waals surface area contributed by atoms with E-state index in [-0.39, 0.29) is 0 Å². The van der Waals surface area contributed by atoms with E-state index in [9.17, 15) is 0 Å². The molecule has 1 nitrogen and oxygen atoms in total. The molecule has 53 heavy (non-hydrogen) atoms. The van der Waals surface area contributed by atoms with Gasteiger partial charge >= 0.3 is 0 Å². The number of hydrogen-bond acceptors (Lipinski definition) is 3. The van der Waals surface area contributed by atoms with Crippen LogP contribution in [0.1, 0.15) is 0 Å². The van der Waals surface area contributed by atoms with Crippen molar-refractivity contribution in [2.75, 3.05) is 4.90 Å². The van der Waals surface area contributed by atoms with Crippen LogP contribution in [0.5, 0.6) is 0 Å². The molecule has 0 atom stereocenters. The second-order valence-corrected chi connectivity index (χ2v) is 15.8. The maximum absolute atomic E-state index is 2.50. The molecule has 0 radical (unpaired) electrons. The van der Waals surface area contributed by atoms with Gasteiger partial charge in [0.25, 0.3) is 0 Å². The van der Waals surface area contributed by atoms with E-state index in [1.165, 1.54) is 89.8 Å². The van der Waals surface area contributed by atoms with Crippen molar-refractivity contribution in [2.24, 2.45) is 0 Å². The number of anilines is 3. The summed E-state index contributed by atoms with van der Waals surface area (Å²) in [4.78, 5) is 2.50. The van der Waals surface area contributed by atoms with Crippen LogP contribution in [0.15, 0.2) is 188 Å². The maximum atomic E-state index is 2.50. The summed E-state index contributed by atoms with van der Waals surface area (Å²) in [6.07, 6.45) is 0. The Labute approximate surface area is 315 Å². The van der Waals surface area contributed by atoms with Gasteiger partial charge < -0.3 is 4.90 Å². The first-order valence-electron chi connectivity index (χ1n) is 18.0. The van der Waals surface area contributed by atoms with Crippen molar-refractivity contribution >= 4 is 102 Å². The molecule has 0 amide bonds. The maximum Gasteiger partial charge on any atom is 0.0555 e. The third-order valence-corrected chi connectivity index (χ3v) is 13.0. The number of hydrogen-bond donors (Lipinski definition) is 0. The fourth-order valence-electron chi connectivity index (χ4n) is 8.11. The molecule has 11 rings (SSSR count). The summed E-state index contributed by atoms with van der Waals surface area (Å²) in [7, 11) is 0. The van der Waals surface area contributed by atoms with Crippen molar-refractivity contribution in [1.82, 2.24) is 0 Å². The standard InChI is InChI=1S/C50H31NS2/c1-3-11-32(12-4-1)36-22-25-41-42-26-24-38(31-48(42)52-47(41)29-36)51(37-23-21-35-20-19-34-15-7-8-16-39(34)44(35)30-37)45-28-27-40(33-13-5-2-6-14-33)50-49(45)43-17-9-10-18-46(43)53-50/h1-31H. The SMILES string of the molecule is c1ccc(-c2ccc3c(c2)sc2cc(N(c4ccc5ccc6ccccc6c5c4)c4ccc(-c5ccccc5)c5sc6ccccc6c45)ccc23)cc1. The molecule has 2 heterocycles. The fraction of sp³-hybridized carbons (Fsp3) is 0. The highest BCUT2D eigenvalue weighted by Gasteiger charge is 2.22. The van der Waals surface area contributed by atoms with E-state index in [0.29, 0.717) is 0 Å². The van der Waals surface area contributed by atoms with Gasteiger partial charge in [-0.05, 0) is 86.3 Å². The smallest absolute Gasteiger partial charge is 0.0555 e. The molecule has 3 heteroatoms. The van der Waals surface area contributed by atoms with E-state index < -0.39 is 0 Å². The first-order valence-corrected chi connectivity index (χ1v) is 19.6. The van der Waals surface area contributed by atoms with E-state index in [0.717, 1.165) is 11.4 Å². The van der Waals surface area contributed by atoms with Crippen LogP contribution in [-0.2, 0) is 0 Å². The van der Waals surface area contributed by atoms with Crippen molar-refractivity contribution in [3.63, 3.8) is 0 Å². The highest BCUT2D eigenvalue weighted by atomic mass is 32.1. The van der Waals surface area contributed by atoms with Crippen LogP contribution >= 0.6 is 22.7 Å². The molecule has 0 N–H and O–H groups in total. The second-order valence-electron chi connectivity index (χ2n) is 13.7. The third-order valence-electron chi connectivity index (χ3n) is 10.6. The summed E-state index contributed by atoms with van der Waals surface area (Å²) < 4.78 is 5.19. The van der Waals surface area contributed by atoms with Gasteiger partial charge in [0.1, 0.15) is 0 Å². The molecule has 2 aromatic heterocycles. The zero-order chi connectivity index (χ0) is 34.9. The number of fused-ring (bicyclic) bond motifs is 9. The van der Waals surface area contributed by atoms with Crippen LogP contribution in [0, 0.1) is 0 Å². The van der Waals surface area contributed by atoms with E-state index in [2.05, 4.69) is 193 Å². The Morgan fingerprint density at radius 3 is 1.79 bits per heavy atom. The first-order chi connectivity index (χ1) is 26.3. The normalized spacial score (nSPS) is 11.8. The Morgan fingerprint density at radius 1 is 0.340 bits per heavy atom. The van der Waals surface area contributed by atoms with Gasteiger partial charge in [-0.3, -0.25) is 0 Å². The minimum absolute atomic E-state index is 1.14. The van der Waals surface area contributed by atoms with Crippen molar-refractivity contribution in [1.29, 1.82) is 0 Å². The molecule has 0 spiro atoms. The van der Waals surface area contributed by atoms with Crippen molar-refractivity contribution < 1.29 is 0 Å². The predicted molar refractivity (Wildman–Crippen MR) is 233 cm³/mol. The Morgan fingerprint density at radius 2 is 0.962 bits per heavy atom. The van der Waals surface area contributed by atoms with E-state index in [1.54, 1.807) is 0 Å². The van der Waals surface area contributed by atoms with Crippen molar-refractivity contribution in [3.8, 4) is 22.3 Å². The second kappa shape index (κ2) is 12.2. The average molecular weight is 710 g/mol. The lowest BCUT2D eigenvalue weighted by Gasteiger charge is -2.27. The van der Waals surface area contributed by atoms with Gasteiger partial charge in [0.05, 0.1) is 5.69 Å². The topological polar surface area (TPSA) is 3.24 Å². The Balaban J connectivity index is 1.18. The highest BCUT2D eigenvalue weighted by molar-refractivity contribution is 7.26. The number of benzene rings is 9. The lowest BCUT2D eigenvalue weighted by molar-refractivity contribution is 1.31. The van der Waals surface area contributed by atoms with Gasteiger partial charge in [0, 0.05) is 51.7 Å². The molecule has 0 bridgehead atoms. The molecule has 0 fully saturated rings. The predicted octanol–water partition coefficient (Wildman–Crippen LogP) is 15.5. The zero-order valence-corrected chi connectivity index (χ0v) is 30.3.